The van der Waals surface area contributed by atoms with E-state index in [1.807, 2.05) is 0 Å². The minimum atomic E-state index is -2.71. The summed E-state index contributed by atoms with van der Waals surface area (Å²) < 4.78 is 26.2. The van der Waals surface area contributed by atoms with Crippen LogP contribution in [0.1, 0.15) is 12.8 Å². The molecule has 0 aromatic carbocycles. The Bertz CT molecular complexity index is 617. The van der Waals surface area contributed by atoms with Crippen LogP contribution in [0.2, 0.25) is 0 Å². The first kappa shape index (κ1) is 16.9. The summed E-state index contributed by atoms with van der Waals surface area (Å²) in [4.78, 5) is 14.6. The quantitative estimate of drug-likeness (QED) is 0.288. The predicted molar refractivity (Wildman–Crippen MR) is 75.3 cm³/mol. The van der Waals surface area contributed by atoms with E-state index >= 15 is 0 Å². The minimum Gasteiger partial charge on any atom is -0.393 e. The van der Waals surface area contributed by atoms with Crippen molar-refractivity contribution < 1.29 is 18.8 Å². The number of nitrogens with zero attached hydrogens (tertiary/aromatic N) is 7. The van der Waals surface area contributed by atoms with Gasteiger partial charge in [0.15, 0.2) is 0 Å². The molecule has 0 saturated carbocycles. The first-order valence-electron chi connectivity index (χ1n) is 6.89. The predicted octanol–water partition coefficient (Wildman–Crippen LogP) is 1.70. The number of halogens is 2. The van der Waals surface area contributed by atoms with Gasteiger partial charge in [0, 0.05) is 18.0 Å². The zero-order valence-corrected chi connectivity index (χ0v) is 12.0. The average molecular weight is 331 g/mol. The van der Waals surface area contributed by atoms with Crippen LogP contribution < -0.4 is 4.90 Å². The minimum absolute atomic E-state index is 0.0240. The highest BCUT2D eigenvalue weighted by Gasteiger charge is 2.31. The number of hydrogen-bond acceptors (Lipinski definition) is 6. The molecule has 1 aromatic rings. The highest BCUT2D eigenvalue weighted by Crippen LogP contribution is 2.30. The summed E-state index contributed by atoms with van der Waals surface area (Å²) in [6, 6.07) is -0.657. The molecule has 1 aliphatic heterocycles. The van der Waals surface area contributed by atoms with E-state index in [0.29, 0.717) is 0 Å². The maximum Gasteiger partial charge on any atom is 0.331 e. The van der Waals surface area contributed by atoms with Gasteiger partial charge in [-0.15, -0.1) is 0 Å². The number of nitro groups is 1. The lowest BCUT2D eigenvalue weighted by atomic mass is 10.1. The molecule has 0 radical (unpaired) electrons. The number of aromatic nitrogens is 2. The van der Waals surface area contributed by atoms with Crippen molar-refractivity contribution in [2.45, 2.75) is 38.0 Å². The molecule has 1 aromatic heterocycles. The Labute approximate surface area is 129 Å². The van der Waals surface area contributed by atoms with Crippen molar-refractivity contribution in [1.82, 2.24) is 9.78 Å². The average Bonchev–Trinajstić information content (AvgIpc) is 2.80. The molecule has 2 rings (SSSR count). The SMILES string of the molecule is [N-]=[N+]=N[C@H]1CCN(c2c([N+](=O)[O-])cnn2CC(F)F)CC[C@H]1O. The van der Waals surface area contributed by atoms with Gasteiger partial charge in [-0.3, -0.25) is 10.1 Å². The van der Waals surface area contributed by atoms with Crippen LogP contribution in [-0.2, 0) is 6.54 Å². The molecule has 0 unspecified atom stereocenters. The first-order chi connectivity index (χ1) is 10.9. The van der Waals surface area contributed by atoms with Crippen molar-refractivity contribution in [3.63, 3.8) is 0 Å². The molecule has 2 atom stereocenters. The second-order valence-electron chi connectivity index (χ2n) is 5.09. The van der Waals surface area contributed by atoms with Crippen LogP contribution in [0.4, 0.5) is 20.3 Å². The molecule has 126 valence electrons. The zero-order valence-electron chi connectivity index (χ0n) is 12.0. The van der Waals surface area contributed by atoms with Gasteiger partial charge in [-0.2, -0.15) is 5.10 Å². The van der Waals surface area contributed by atoms with E-state index in [0.717, 1.165) is 10.9 Å². The van der Waals surface area contributed by atoms with Crippen molar-refractivity contribution in [1.29, 1.82) is 0 Å². The summed E-state index contributed by atoms with van der Waals surface area (Å²) in [7, 11) is 0. The second kappa shape index (κ2) is 7.20. The smallest absolute Gasteiger partial charge is 0.331 e. The monoisotopic (exact) mass is 331 g/mol. The van der Waals surface area contributed by atoms with E-state index in [1.165, 1.54) is 4.90 Å². The third-order valence-electron chi connectivity index (χ3n) is 3.63. The zero-order chi connectivity index (χ0) is 17.0. The summed E-state index contributed by atoms with van der Waals surface area (Å²) in [5.41, 5.74) is 8.11. The van der Waals surface area contributed by atoms with Gasteiger partial charge in [-0.05, 0) is 18.4 Å². The Morgan fingerprint density at radius 2 is 2.26 bits per heavy atom. The fourth-order valence-electron chi connectivity index (χ4n) is 2.57. The van der Waals surface area contributed by atoms with Crippen molar-refractivity contribution >= 4 is 11.5 Å². The molecular weight excluding hydrogens is 316 g/mol. The first-order valence-corrected chi connectivity index (χ1v) is 6.89. The number of aliphatic hydroxyl groups excluding tert-OH is 1. The van der Waals surface area contributed by atoms with Gasteiger partial charge in [-0.25, -0.2) is 13.5 Å². The van der Waals surface area contributed by atoms with Gasteiger partial charge in [0.05, 0.1) is 17.1 Å². The molecule has 2 heterocycles. The lowest BCUT2D eigenvalue weighted by molar-refractivity contribution is -0.384. The Hall–Kier alpha value is -2.46. The van der Waals surface area contributed by atoms with Gasteiger partial charge in [0.25, 0.3) is 6.43 Å². The van der Waals surface area contributed by atoms with Gasteiger partial charge >= 0.3 is 5.69 Å². The van der Waals surface area contributed by atoms with E-state index in [4.69, 9.17) is 5.53 Å². The third-order valence-corrected chi connectivity index (χ3v) is 3.63. The second-order valence-corrected chi connectivity index (χ2v) is 5.09. The molecule has 1 N–H and O–H groups in total. The molecule has 0 spiro atoms. The van der Waals surface area contributed by atoms with Crippen LogP contribution in [0.25, 0.3) is 10.4 Å². The number of anilines is 1. The normalized spacial score (nSPS) is 21.8. The lowest BCUT2D eigenvalue weighted by Gasteiger charge is -2.22. The summed E-state index contributed by atoms with van der Waals surface area (Å²) in [6.45, 7) is -0.340. The molecule has 1 fully saturated rings. The fourth-order valence-corrected chi connectivity index (χ4v) is 2.57. The van der Waals surface area contributed by atoms with E-state index in [-0.39, 0.29) is 37.4 Å². The van der Waals surface area contributed by atoms with Gasteiger partial charge in [-0.1, -0.05) is 5.11 Å². The van der Waals surface area contributed by atoms with Crippen molar-refractivity contribution in [2.24, 2.45) is 5.11 Å². The number of aliphatic hydroxyl groups is 1. The maximum atomic E-state index is 12.6. The molecule has 1 saturated heterocycles. The number of alkyl halides is 2. The van der Waals surface area contributed by atoms with E-state index < -0.39 is 30.0 Å². The summed E-state index contributed by atoms with van der Waals surface area (Å²) in [6.07, 6.45) is -2.21. The summed E-state index contributed by atoms with van der Waals surface area (Å²) in [5.74, 6) is -0.0240. The Morgan fingerprint density at radius 3 is 2.87 bits per heavy atom. The molecule has 12 heteroatoms. The maximum absolute atomic E-state index is 12.6. The molecular formula is C11H15F2N7O3. The van der Waals surface area contributed by atoms with Crippen LogP contribution in [0.3, 0.4) is 0 Å². The van der Waals surface area contributed by atoms with E-state index in [2.05, 4.69) is 15.1 Å². The third kappa shape index (κ3) is 3.85. The molecule has 10 nitrogen and oxygen atoms in total. The van der Waals surface area contributed by atoms with Gasteiger partial charge in [0.2, 0.25) is 5.82 Å². The van der Waals surface area contributed by atoms with Gasteiger partial charge < -0.3 is 10.0 Å². The number of azide groups is 1. The van der Waals surface area contributed by atoms with Crippen molar-refractivity contribution in [3.8, 4) is 0 Å². The van der Waals surface area contributed by atoms with Crippen molar-refractivity contribution in [2.75, 3.05) is 18.0 Å². The van der Waals surface area contributed by atoms with Crippen molar-refractivity contribution in [3.05, 3.63) is 26.8 Å². The lowest BCUT2D eigenvalue weighted by Crippen LogP contribution is -2.28. The molecule has 23 heavy (non-hydrogen) atoms. The molecule has 0 amide bonds. The van der Waals surface area contributed by atoms with E-state index in [1.54, 1.807) is 0 Å². The highest BCUT2D eigenvalue weighted by molar-refractivity contribution is 5.57. The van der Waals surface area contributed by atoms with Crippen LogP contribution in [0, 0.1) is 10.1 Å². The molecule has 1 aliphatic rings. The van der Waals surface area contributed by atoms with Crippen LogP contribution >= 0.6 is 0 Å². The molecule has 0 aliphatic carbocycles. The van der Waals surface area contributed by atoms with Crippen LogP contribution in [-0.4, -0.2) is 51.5 Å². The topological polar surface area (TPSA) is 133 Å². The van der Waals surface area contributed by atoms with E-state index in [9.17, 15) is 24.0 Å². The van der Waals surface area contributed by atoms with Crippen LogP contribution in [0.5, 0.6) is 0 Å². The Kier molecular flexibility index (Phi) is 5.29. The fraction of sp³-hybridized carbons (Fsp3) is 0.727. The molecule has 0 bridgehead atoms. The number of rotatable bonds is 5. The summed E-state index contributed by atoms with van der Waals surface area (Å²) in [5, 5.41) is 28.2. The standard InChI is InChI=1S/C11H15F2N7O3/c12-10(13)6-19-11(8(5-15-19)20(22)23)18-3-1-7(16-17-14)9(21)2-4-18/h5,7,9-10,21H,1-4,6H2/t7-,9+/m0/s1. The Balaban J connectivity index is 2.30. The number of hydrogen-bond donors (Lipinski definition) is 1. The summed E-state index contributed by atoms with van der Waals surface area (Å²) >= 11 is 0. The largest absolute Gasteiger partial charge is 0.393 e. The highest BCUT2D eigenvalue weighted by atomic mass is 19.3. The van der Waals surface area contributed by atoms with Crippen LogP contribution in [0.15, 0.2) is 11.3 Å². The van der Waals surface area contributed by atoms with Gasteiger partial charge in [0.1, 0.15) is 12.7 Å². The Morgan fingerprint density at radius 1 is 1.57 bits per heavy atom.